The summed E-state index contributed by atoms with van der Waals surface area (Å²) in [5.41, 5.74) is -1.01. The van der Waals surface area contributed by atoms with E-state index in [9.17, 15) is 19.1 Å². The normalized spacial score (nSPS) is 17.4. The van der Waals surface area contributed by atoms with Crippen LogP contribution in [-0.2, 0) is 10.2 Å². The van der Waals surface area contributed by atoms with E-state index in [-0.39, 0.29) is 11.1 Å². The van der Waals surface area contributed by atoms with E-state index < -0.39 is 23.2 Å². The van der Waals surface area contributed by atoms with Crippen LogP contribution in [0, 0.1) is 12.7 Å². The van der Waals surface area contributed by atoms with E-state index in [1.54, 1.807) is 0 Å². The molecular weight excluding hydrogens is 251 g/mol. The standard InChI is InChI=1S/C14H15FO4/c1-8-6-11(15)10(7-9(8)12(16)17)14(13(18)19)4-2-3-5-14/h6-7H,2-5H2,1H3,(H,16,17)(H,18,19). The van der Waals surface area contributed by atoms with Crippen LogP contribution in [0.15, 0.2) is 12.1 Å². The van der Waals surface area contributed by atoms with E-state index in [0.29, 0.717) is 31.2 Å². The molecule has 1 aliphatic rings. The van der Waals surface area contributed by atoms with Crippen LogP contribution in [0.4, 0.5) is 4.39 Å². The summed E-state index contributed by atoms with van der Waals surface area (Å²) >= 11 is 0. The Labute approximate surface area is 109 Å². The number of carboxylic acid groups (broad SMARTS) is 2. The van der Waals surface area contributed by atoms with Gasteiger partial charge < -0.3 is 10.2 Å². The molecule has 0 heterocycles. The highest BCUT2D eigenvalue weighted by Crippen LogP contribution is 2.43. The molecule has 5 heteroatoms. The van der Waals surface area contributed by atoms with Gasteiger partial charge in [-0.05, 0) is 37.5 Å². The SMILES string of the molecule is Cc1cc(F)c(C2(C(=O)O)CCCC2)cc1C(=O)O. The minimum atomic E-state index is -1.28. The molecule has 0 amide bonds. The third kappa shape index (κ3) is 2.09. The number of hydrogen-bond donors (Lipinski definition) is 2. The summed E-state index contributed by atoms with van der Waals surface area (Å²) in [6, 6.07) is 2.30. The summed E-state index contributed by atoms with van der Waals surface area (Å²) in [5.74, 6) is -2.88. The zero-order valence-corrected chi connectivity index (χ0v) is 10.6. The van der Waals surface area contributed by atoms with Gasteiger partial charge >= 0.3 is 11.9 Å². The molecular formula is C14H15FO4. The second-order valence-electron chi connectivity index (χ2n) is 5.05. The van der Waals surface area contributed by atoms with Crippen molar-refractivity contribution >= 4 is 11.9 Å². The van der Waals surface area contributed by atoms with Gasteiger partial charge in [-0.15, -0.1) is 0 Å². The number of carboxylic acids is 2. The van der Waals surface area contributed by atoms with E-state index in [1.807, 2.05) is 0 Å². The number of halogens is 1. The highest BCUT2D eigenvalue weighted by Gasteiger charge is 2.45. The Balaban J connectivity index is 2.64. The van der Waals surface area contributed by atoms with Crippen LogP contribution in [-0.4, -0.2) is 22.2 Å². The van der Waals surface area contributed by atoms with Crippen LogP contribution < -0.4 is 0 Å². The van der Waals surface area contributed by atoms with E-state index in [2.05, 4.69) is 0 Å². The van der Waals surface area contributed by atoms with Crippen molar-refractivity contribution in [1.82, 2.24) is 0 Å². The predicted octanol–water partition coefficient (Wildman–Crippen LogP) is 2.73. The summed E-state index contributed by atoms with van der Waals surface area (Å²) < 4.78 is 14.1. The molecule has 102 valence electrons. The molecule has 1 aliphatic carbocycles. The maximum atomic E-state index is 14.1. The van der Waals surface area contributed by atoms with E-state index >= 15 is 0 Å². The lowest BCUT2D eigenvalue weighted by Crippen LogP contribution is -2.34. The maximum absolute atomic E-state index is 14.1. The fourth-order valence-corrected chi connectivity index (χ4v) is 2.85. The first-order valence-electron chi connectivity index (χ1n) is 6.16. The lowest BCUT2D eigenvalue weighted by Gasteiger charge is -2.25. The quantitative estimate of drug-likeness (QED) is 0.882. The second kappa shape index (κ2) is 4.64. The zero-order chi connectivity index (χ0) is 14.2. The van der Waals surface area contributed by atoms with Gasteiger partial charge in [-0.1, -0.05) is 12.8 Å². The van der Waals surface area contributed by atoms with E-state index in [0.717, 1.165) is 6.07 Å². The first-order chi connectivity index (χ1) is 8.88. The van der Waals surface area contributed by atoms with Gasteiger partial charge in [0.15, 0.2) is 0 Å². The number of carbonyl (C=O) groups is 2. The van der Waals surface area contributed by atoms with Crippen molar-refractivity contribution in [2.24, 2.45) is 0 Å². The molecule has 2 rings (SSSR count). The molecule has 2 N–H and O–H groups in total. The fourth-order valence-electron chi connectivity index (χ4n) is 2.85. The molecule has 0 aliphatic heterocycles. The molecule has 1 fully saturated rings. The third-order valence-electron chi connectivity index (χ3n) is 3.93. The topological polar surface area (TPSA) is 74.6 Å². The van der Waals surface area contributed by atoms with Crippen LogP contribution >= 0.6 is 0 Å². The summed E-state index contributed by atoms with van der Waals surface area (Å²) in [4.78, 5) is 22.6. The molecule has 0 bridgehead atoms. The monoisotopic (exact) mass is 266 g/mol. The van der Waals surface area contributed by atoms with Gasteiger partial charge in [0.2, 0.25) is 0 Å². The average molecular weight is 266 g/mol. The number of aromatic carboxylic acids is 1. The van der Waals surface area contributed by atoms with Crippen LogP contribution in [0.1, 0.15) is 47.2 Å². The molecule has 19 heavy (non-hydrogen) atoms. The van der Waals surface area contributed by atoms with Crippen LogP contribution in [0.25, 0.3) is 0 Å². The molecule has 0 aromatic heterocycles. The Morgan fingerprint density at radius 1 is 1.21 bits per heavy atom. The Hall–Kier alpha value is -1.91. The second-order valence-corrected chi connectivity index (χ2v) is 5.05. The lowest BCUT2D eigenvalue weighted by molar-refractivity contribution is -0.143. The van der Waals surface area contributed by atoms with E-state index in [4.69, 9.17) is 5.11 Å². The van der Waals surface area contributed by atoms with Gasteiger partial charge in [0.25, 0.3) is 0 Å². The number of aliphatic carboxylic acids is 1. The largest absolute Gasteiger partial charge is 0.481 e. The van der Waals surface area contributed by atoms with Gasteiger partial charge in [0.05, 0.1) is 11.0 Å². The molecule has 1 aromatic rings. The van der Waals surface area contributed by atoms with Crippen molar-refractivity contribution in [2.45, 2.75) is 38.0 Å². The molecule has 0 radical (unpaired) electrons. The fraction of sp³-hybridized carbons (Fsp3) is 0.429. The van der Waals surface area contributed by atoms with Crippen LogP contribution in [0.3, 0.4) is 0 Å². The van der Waals surface area contributed by atoms with Gasteiger partial charge in [-0.3, -0.25) is 4.79 Å². The van der Waals surface area contributed by atoms with Gasteiger partial charge in [-0.25, -0.2) is 9.18 Å². The molecule has 0 unspecified atom stereocenters. The average Bonchev–Trinajstić information content (AvgIpc) is 2.78. The number of benzene rings is 1. The predicted molar refractivity (Wildman–Crippen MR) is 65.9 cm³/mol. The molecule has 0 saturated heterocycles. The van der Waals surface area contributed by atoms with Crippen molar-refractivity contribution in [3.8, 4) is 0 Å². The highest BCUT2D eigenvalue weighted by atomic mass is 19.1. The van der Waals surface area contributed by atoms with Crippen LogP contribution in [0.2, 0.25) is 0 Å². The minimum Gasteiger partial charge on any atom is -0.481 e. The van der Waals surface area contributed by atoms with Crippen molar-refractivity contribution < 1.29 is 24.2 Å². The van der Waals surface area contributed by atoms with Crippen LogP contribution in [0.5, 0.6) is 0 Å². The Bertz CT molecular complexity index is 545. The highest BCUT2D eigenvalue weighted by molar-refractivity contribution is 5.91. The first-order valence-corrected chi connectivity index (χ1v) is 6.16. The summed E-state index contributed by atoms with van der Waals surface area (Å²) in [7, 11) is 0. The smallest absolute Gasteiger partial charge is 0.335 e. The van der Waals surface area contributed by atoms with Gasteiger partial charge in [0.1, 0.15) is 5.82 Å². The van der Waals surface area contributed by atoms with E-state index in [1.165, 1.54) is 13.0 Å². The molecule has 0 atom stereocenters. The molecule has 0 spiro atoms. The summed E-state index contributed by atoms with van der Waals surface area (Å²) in [5, 5.41) is 18.5. The van der Waals surface area contributed by atoms with Crippen molar-refractivity contribution in [3.05, 3.63) is 34.6 Å². The van der Waals surface area contributed by atoms with Gasteiger partial charge in [-0.2, -0.15) is 0 Å². The first kappa shape index (κ1) is 13.5. The molecule has 1 aromatic carbocycles. The minimum absolute atomic E-state index is 0.000463. The van der Waals surface area contributed by atoms with Crippen molar-refractivity contribution in [1.29, 1.82) is 0 Å². The van der Waals surface area contributed by atoms with Crippen molar-refractivity contribution in [3.63, 3.8) is 0 Å². The number of hydrogen-bond acceptors (Lipinski definition) is 2. The molecule has 1 saturated carbocycles. The van der Waals surface area contributed by atoms with Crippen molar-refractivity contribution in [2.75, 3.05) is 0 Å². The number of rotatable bonds is 3. The Kier molecular flexibility index (Phi) is 3.30. The number of aryl methyl sites for hydroxylation is 1. The lowest BCUT2D eigenvalue weighted by atomic mass is 9.77. The zero-order valence-electron chi connectivity index (χ0n) is 10.6. The summed E-state index contributed by atoms with van der Waals surface area (Å²) in [6.07, 6.45) is 2.12. The Morgan fingerprint density at radius 2 is 1.79 bits per heavy atom. The Morgan fingerprint density at radius 3 is 2.26 bits per heavy atom. The van der Waals surface area contributed by atoms with Gasteiger partial charge in [0, 0.05) is 5.56 Å². The molecule has 4 nitrogen and oxygen atoms in total. The summed E-state index contributed by atoms with van der Waals surface area (Å²) in [6.45, 7) is 1.50. The third-order valence-corrected chi connectivity index (χ3v) is 3.93. The maximum Gasteiger partial charge on any atom is 0.335 e.